The third-order valence-electron chi connectivity index (χ3n) is 3.85. The van der Waals surface area contributed by atoms with E-state index in [1.54, 1.807) is 77.5 Å². The molecule has 0 aromatic rings. The summed E-state index contributed by atoms with van der Waals surface area (Å²) in [6, 6.07) is -1.12. The van der Waals surface area contributed by atoms with Crippen LogP contribution in [0.3, 0.4) is 0 Å². The number of carbonyl (C=O) groups excluding carboxylic acids is 8. The summed E-state index contributed by atoms with van der Waals surface area (Å²) in [6.45, 7) is 4.00. The Balaban J connectivity index is -0.0000000449. The van der Waals surface area contributed by atoms with Crippen LogP contribution in [-0.2, 0) is 9.59 Å². The fraction of sp³-hybridized carbons (Fsp3) is 0.692. The van der Waals surface area contributed by atoms with Crippen LogP contribution >= 0.6 is 0 Å². The number of carbonyl (C=O) groups is 8. The van der Waals surface area contributed by atoms with Crippen molar-refractivity contribution >= 4 is 49.8 Å². The number of nitrogens with one attached hydrogen (secondary N) is 8. The van der Waals surface area contributed by atoms with Crippen molar-refractivity contribution in [1.29, 1.82) is 0 Å². The topological polar surface area (TPSA) is 266 Å². The van der Waals surface area contributed by atoms with Crippen LogP contribution in [0.15, 0.2) is 0 Å². The highest BCUT2D eigenvalue weighted by atomic mass is 16.3. The Labute approximate surface area is 282 Å². The van der Waals surface area contributed by atoms with Gasteiger partial charge in [0.2, 0.25) is 0 Å². The van der Waals surface area contributed by atoms with Gasteiger partial charge in [0.1, 0.15) is 20.3 Å². The lowest BCUT2D eigenvalue weighted by Crippen LogP contribution is -2.46. The first-order chi connectivity index (χ1) is 20.5. The molecule has 9 N–H and O–H groups in total. The maximum atomic E-state index is 11.0. The molecule has 0 atom stereocenters. The molecule has 0 aliphatic heterocycles. The SMILES string of the molecule is C.C.C.C=O.C=O.CNC(=O)N(C)C.CNC(=O)N(C)CN(C)C(=O)NC.CNC(=O)N(C)CO.CNC(=O)NC.CNC(=O)NC. The summed E-state index contributed by atoms with van der Waals surface area (Å²) >= 11 is 0. The summed E-state index contributed by atoms with van der Waals surface area (Å²) in [5, 5.41) is 27.5. The van der Waals surface area contributed by atoms with E-state index in [-0.39, 0.29) is 71.9 Å². The molecule has 0 radical (unpaired) electrons. The number of rotatable bonds is 3. The first-order valence-corrected chi connectivity index (χ1v) is 12.2. The van der Waals surface area contributed by atoms with Gasteiger partial charge in [-0.3, -0.25) is 0 Å². The monoisotopic (exact) mass is 693 g/mol. The second kappa shape index (κ2) is 53.5. The van der Waals surface area contributed by atoms with Crippen molar-refractivity contribution in [2.45, 2.75) is 22.3 Å². The van der Waals surface area contributed by atoms with E-state index in [9.17, 15) is 28.8 Å². The van der Waals surface area contributed by atoms with Crippen molar-refractivity contribution in [2.75, 3.05) is 105 Å². The maximum Gasteiger partial charge on any atom is 0.318 e. The van der Waals surface area contributed by atoms with Crippen molar-refractivity contribution in [3.8, 4) is 0 Å². The largest absolute Gasteiger partial charge is 0.376 e. The molecule has 0 unspecified atom stereocenters. The summed E-state index contributed by atoms with van der Waals surface area (Å²) in [7, 11) is 20.6. The lowest BCUT2D eigenvalue weighted by Gasteiger charge is -2.23. The van der Waals surface area contributed by atoms with Crippen LogP contribution in [0.4, 0.5) is 28.8 Å². The van der Waals surface area contributed by atoms with E-state index in [2.05, 4.69) is 42.5 Å². The third kappa shape index (κ3) is 57.2. The molecule has 0 aromatic heterocycles. The van der Waals surface area contributed by atoms with Crippen LogP contribution < -0.4 is 42.5 Å². The van der Waals surface area contributed by atoms with Crippen molar-refractivity contribution in [3.05, 3.63) is 0 Å². The van der Waals surface area contributed by atoms with Crippen LogP contribution in [0.5, 0.6) is 0 Å². The zero-order valence-corrected chi connectivity index (χ0v) is 28.3. The molecule has 0 saturated heterocycles. The maximum absolute atomic E-state index is 11.0. The van der Waals surface area contributed by atoms with Gasteiger partial charge in [0.05, 0.1) is 6.67 Å². The summed E-state index contributed by atoms with van der Waals surface area (Å²) < 4.78 is 0. The molecule has 0 aliphatic carbocycles. The van der Waals surface area contributed by atoms with E-state index in [1.807, 2.05) is 13.6 Å². The van der Waals surface area contributed by atoms with E-state index in [0.29, 0.717) is 0 Å². The van der Waals surface area contributed by atoms with Crippen LogP contribution in [0.2, 0.25) is 0 Å². The highest BCUT2D eigenvalue weighted by Crippen LogP contribution is 1.89. The van der Waals surface area contributed by atoms with Gasteiger partial charge in [-0.05, 0) is 0 Å². The molecule has 21 nitrogen and oxygen atoms in total. The van der Waals surface area contributed by atoms with Gasteiger partial charge < -0.3 is 76.8 Å². The zero-order chi connectivity index (χ0) is 36.8. The summed E-state index contributed by atoms with van der Waals surface area (Å²) in [5.74, 6) is 0. The number of amides is 12. The molecule has 0 saturated carbocycles. The molecule has 0 heterocycles. The molecule has 12 amide bonds. The Morgan fingerprint density at radius 2 is 0.660 bits per heavy atom. The molecule has 0 aromatic carbocycles. The van der Waals surface area contributed by atoms with E-state index in [1.165, 1.54) is 28.8 Å². The number of aliphatic hydroxyl groups is 1. The van der Waals surface area contributed by atoms with Crippen LogP contribution in [0.25, 0.3) is 0 Å². The van der Waals surface area contributed by atoms with Gasteiger partial charge in [0.25, 0.3) is 0 Å². The smallest absolute Gasteiger partial charge is 0.318 e. The first-order valence-electron chi connectivity index (χ1n) is 12.2. The van der Waals surface area contributed by atoms with E-state index < -0.39 is 0 Å². The Bertz CT molecular complexity index is 700. The average molecular weight is 693 g/mol. The first kappa shape index (κ1) is 68.9. The standard InChI is InChI=1S/C7H16N4O2.C4H10N2O2.C4H10N2O.2C3H8N2O.2CH2O.3CH4/c1-8-6(12)10(3)5-11(4)7(13)9-2;1-5-4(8)6(2)3-7;1-5-4(7)6(2)3;2*1-4-3(6)5-2;2*1-2;;;/h5H2,1-4H3,(H,8,12)(H,9,13);7H,3H2,1-2H3,(H,5,8);1-3H3,(H,5,7);2*1-2H3,(H2,4,5,6);2*1H2;3*1H4. The number of nitrogens with zero attached hydrogens (tertiary/aromatic N) is 4. The highest BCUT2D eigenvalue weighted by molar-refractivity contribution is 5.76. The molecule has 0 bridgehead atoms. The Morgan fingerprint density at radius 1 is 0.447 bits per heavy atom. The molecule has 0 aliphatic rings. The number of hydrogen-bond donors (Lipinski definition) is 9. The fourth-order valence-corrected chi connectivity index (χ4v) is 1.56. The van der Waals surface area contributed by atoms with Crippen molar-refractivity contribution in [2.24, 2.45) is 0 Å². The quantitative estimate of drug-likeness (QED) is 0.168. The Hall–Kier alpha value is -5.08. The molecule has 0 fully saturated rings. The van der Waals surface area contributed by atoms with Crippen molar-refractivity contribution in [3.63, 3.8) is 0 Å². The van der Waals surface area contributed by atoms with E-state index >= 15 is 0 Å². The molecule has 47 heavy (non-hydrogen) atoms. The summed E-state index contributed by atoms with van der Waals surface area (Å²) in [6.07, 6.45) is 0. The van der Waals surface area contributed by atoms with Crippen LogP contribution in [0, 0.1) is 0 Å². The predicted octanol–water partition coefficient (Wildman–Crippen LogP) is -0.790. The van der Waals surface area contributed by atoms with Gasteiger partial charge in [-0.15, -0.1) is 0 Å². The van der Waals surface area contributed by atoms with Crippen LogP contribution in [0.1, 0.15) is 22.3 Å². The second-order valence-electron chi connectivity index (χ2n) is 7.15. The van der Waals surface area contributed by atoms with Gasteiger partial charge in [0.15, 0.2) is 0 Å². The minimum absolute atomic E-state index is 0. The minimum atomic E-state index is -0.285. The minimum Gasteiger partial charge on any atom is -0.376 e. The van der Waals surface area contributed by atoms with Gasteiger partial charge in [-0.1, -0.05) is 22.3 Å². The predicted molar refractivity (Wildman–Crippen MR) is 188 cm³/mol. The zero-order valence-electron chi connectivity index (χ0n) is 28.3. The van der Waals surface area contributed by atoms with E-state index in [4.69, 9.17) is 14.7 Å². The average Bonchev–Trinajstić information content (AvgIpc) is 3.07. The number of hydrogen-bond acceptors (Lipinski definition) is 9. The molecule has 21 heteroatoms. The Kier molecular flexibility index (Phi) is 78.4. The summed E-state index contributed by atoms with van der Waals surface area (Å²) in [4.78, 5) is 84.1. The normalized spacial score (nSPS) is 7.02. The van der Waals surface area contributed by atoms with Crippen molar-refractivity contribution < 1.29 is 43.5 Å². The third-order valence-corrected chi connectivity index (χ3v) is 3.85. The van der Waals surface area contributed by atoms with Gasteiger partial charge in [-0.25, -0.2) is 28.8 Å². The molecule has 0 spiro atoms. The van der Waals surface area contributed by atoms with Crippen LogP contribution in [-0.4, -0.2) is 179 Å². The van der Waals surface area contributed by atoms with Gasteiger partial charge in [0, 0.05) is 91.6 Å². The second-order valence-corrected chi connectivity index (χ2v) is 7.15. The van der Waals surface area contributed by atoms with Gasteiger partial charge in [-0.2, -0.15) is 0 Å². The molecule has 0 rings (SSSR count). The van der Waals surface area contributed by atoms with E-state index in [0.717, 1.165) is 4.90 Å². The molecular weight excluding hydrogens is 624 g/mol. The Morgan fingerprint density at radius 3 is 0.745 bits per heavy atom. The van der Waals surface area contributed by atoms with Crippen molar-refractivity contribution in [1.82, 2.24) is 62.1 Å². The lowest BCUT2D eigenvalue weighted by atomic mass is 10.7. The van der Waals surface area contributed by atoms with Gasteiger partial charge >= 0.3 is 36.2 Å². The highest BCUT2D eigenvalue weighted by Gasteiger charge is 2.11. The lowest BCUT2D eigenvalue weighted by molar-refractivity contribution is -0.0987. The molecule has 286 valence electrons. The fourth-order valence-electron chi connectivity index (χ4n) is 1.56. The number of aliphatic hydroxyl groups excluding tert-OH is 1. The number of urea groups is 6. The molecular formula is C26H68N12O9. The summed E-state index contributed by atoms with van der Waals surface area (Å²) in [5.41, 5.74) is 0.